The smallest absolute Gasteiger partial charge is 0.266 e. The summed E-state index contributed by atoms with van der Waals surface area (Å²) in [7, 11) is 0. The standard InChI is InChI=1S/C20H14F2N2O2/c1-12-7-16(17(10-23)20(25)24-12)14-4-2-3-13(8-14)11-26-15-5-6-18(21)19(22)9-15/h2-9H,11H2,1H3,(H,24,25). The van der Waals surface area contributed by atoms with Gasteiger partial charge in [0, 0.05) is 17.3 Å². The van der Waals surface area contributed by atoms with E-state index in [1.807, 2.05) is 6.07 Å². The maximum atomic E-state index is 13.2. The fraction of sp³-hybridized carbons (Fsp3) is 0.100. The molecular weight excluding hydrogens is 338 g/mol. The number of benzene rings is 2. The number of nitrogens with one attached hydrogen (secondary N) is 1. The van der Waals surface area contributed by atoms with Crippen molar-refractivity contribution in [3.63, 3.8) is 0 Å². The monoisotopic (exact) mass is 352 g/mol. The summed E-state index contributed by atoms with van der Waals surface area (Å²) in [5.74, 6) is -1.71. The molecule has 4 nitrogen and oxygen atoms in total. The lowest BCUT2D eigenvalue weighted by Crippen LogP contribution is -2.12. The average molecular weight is 352 g/mol. The van der Waals surface area contributed by atoms with Crippen LogP contribution in [0, 0.1) is 29.9 Å². The number of rotatable bonds is 4. The highest BCUT2D eigenvalue weighted by Gasteiger charge is 2.11. The zero-order valence-corrected chi connectivity index (χ0v) is 13.8. The number of aromatic nitrogens is 1. The number of nitriles is 1. The molecule has 0 atom stereocenters. The molecule has 3 rings (SSSR count). The van der Waals surface area contributed by atoms with Crippen molar-refractivity contribution in [1.82, 2.24) is 4.98 Å². The van der Waals surface area contributed by atoms with Crippen molar-refractivity contribution in [3.05, 3.63) is 87.3 Å². The zero-order chi connectivity index (χ0) is 18.7. The van der Waals surface area contributed by atoms with Gasteiger partial charge in [0.25, 0.3) is 5.56 Å². The molecule has 0 aliphatic carbocycles. The van der Waals surface area contributed by atoms with Gasteiger partial charge >= 0.3 is 0 Å². The molecule has 26 heavy (non-hydrogen) atoms. The second kappa shape index (κ2) is 7.19. The molecule has 1 heterocycles. The number of halogens is 2. The molecule has 3 aromatic rings. The van der Waals surface area contributed by atoms with E-state index in [2.05, 4.69) is 4.98 Å². The summed E-state index contributed by atoms with van der Waals surface area (Å²) in [5.41, 5.74) is 2.23. The first-order valence-electron chi connectivity index (χ1n) is 7.79. The number of H-pyrrole nitrogens is 1. The summed E-state index contributed by atoms with van der Waals surface area (Å²) >= 11 is 0. The molecule has 2 aromatic carbocycles. The van der Waals surface area contributed by atoms with Gasteiger partial charge in [0.1, 0.15) is 24.0 Å². The first kappa shape index (κ1) is 17.4. The molecule has 0 saturated heterocycles. The van der Waals surface area contributed by atoms with Gasteiger partial charge in [-0.1, -0.05) is 18.2 Å². The maximum absolute atomic E-state index is 13.2. The molecule has 1 aromatic heterocycles. The molecule has 0 bridgehead atoms. The largest absolute Gasteiger partial charge is 0.489 e. The predicted octanol–water partition coefficient (Wildman–Crippen LogP) is 4.08. The quantitative estimate of drug-likeness (QED) is 0.769. The summed E-state index contributed by atoms with van der Waals surface area (Å²) in [6, 6.07) is 14.1. The van der Waals surface area contributed by atoms with Gasteiger partial charge in [0.15, 0.2) is 11.6 Å². The van der Waals surface area contributed by atoms with Crippen molar-refractivity contribution in [1.29, 1.82) is 5.26 Å². The number of hydrogen-bond donors (Lipinski definition) is 1. The Kier molecular flexibility index (Phi) is 4.81. The van der Waals surface area contributed by atoms with E-state index in [-0.39, 0.29) is 17.9 Å². The molecule has 0 aliphatic rings. The third kappa shape index (κ3) is 3.62. The fourth-order valence-corrected chi connectivity index (χ4v) is 2.59. The Hall–Kier alpha value is -3.46. The van der Waals surface area contributed by atoms with Gasteiger partial charge in [0.05, 0.1) is 0 Å². The van der Waals surface area contributed by atoms with E-state index in [9.17, 15) is 18.8 Å². The van der Waals surface area contributed by atoms with Crippen molar-refractivity contribution in [2.24, 2.45) is 0 Å². The van der Waals surface area contributed by atoms with Gasteiger partial charge in [-0.15, -0.1) is 0 Å². The number of pyridine rings is 1. The van der Waals surface area contributed by atoms with Crippen LogP contribution in [0.1, 0.15) is 16.8 Å². The average Bonchev–Trinajstić information content (AvgIpc) is 2.62. The maximum Gasteiger partial charge on any atom is 0.266 e. The Labute approximate surface area is 148 Å². The normalized spacial score (nSPS) is 10.4. The molecule has 130 valence electrons. The first-order chi connectivity index (χ1) is 12.5. The molecule has 0 radical (unpaired) electrons. The van der Waals surface area contributed by atoms with Crippen LogP contribution in [0.5, 0.6) is 5.75 Å². The van der Waals surface area contributed by atoms with Gasteiger partial charge in [-0.3, -0.25) is 4.79 Å². The van der Waals surface area contributed by atoms with Crippen LogP contribution in [-0.4, -0.2) is 4.98 Å². The minimum atomic E-state index is -0.978. The lowest BCUT2D eigenvalue weighted by Gasteiger charge is -2.10. The van der Waals surface area contributed by atoms with Crippen LogP contribution < -0.4 is 10.3 Å². The van der Waals surface area contributed by atoms with Crippen molar-refractivity contribution < 1.29 is 13.5 Å². The molecule has 6 heteroatoms. The van der Waals surface area contributed by atoms with Crippen molar-refractivity contribution in [2.45, 2.75) is 13.5 Å². The van der Waals surface area contributed by atoms with Crippen LogP contribution in [0.15, 0.2) is 53.3 Å². The Morgan fingerprint density at radius 1 is 1.12 bits per heavy atom. The van der Waals surface area contributed by atoms with Crippen molar-refractivity contribution in [3.8, 4) is 22.9 Å². The minimum Gasteiger partial charge on any atom is -0.489 e. The molecule has 0 amide bonds. The van der Waals surface area contributed by atoms with Gasteiger partial charge in [-0.05, 0) is 42.3 Å². The summed E-state index contributed by atoms with van der Waals surface area (Å²) in [6.45, 7) is 1.87. The molecule has 0 saturated carbocycles. The van der Waals surface area contributed by atoms with E-state index < -0.39 is 17.2 Å². The lowest BCUT2D eigenvalue weighted by molar-refractivity contribution is 0.303. The molecule has 0 aliphatic heterocycles. The predicted molar refractivity (Wildman–Crippen MR) is 92.6 cm³/mol. The summed E-state index contributed by atoms with van der Waals surface area (Å²) in [6.07, 6.45) is 0. The van der Waals surface area contributed by atoms with E-state index >= 15 is 0 Å². The summed E-state index contributed by atoms with van der Waals surface area (Å²) in [5, 5.41) is 9.26. The third-order valence-corrected chi connectivity index (χ3v) is 3.81. The number of ether oxygens (including phenoxy) is 1. The number of hydrogen-bond acceptors (Lipinski definition) is 3. The van der Waals surface area contributed by atoms with E-state index in [0.717, 1.165) is 17.7 Å². The Morgan fingerprint density at radius 2 is 1.92 bits per heavy atom. The summed E-state index contributed by atoms with van der Waals surface area (Å²) in [4.78, 5) is 14.6. The Balaban J connectivity index is 1.88. The van der Waals surface area contributed by atoms with E-state index in [4.69, 9.17) is 4.74 Å². The van der Waals surface area contributed by atoms with Crippen molar-refractivity contribution in [2.75, 3.05) is 0 Å². The van der Waals surface area contributed by atoms with Crippen LogP contribution in [0.4, 0.5) is 8.78 Å². The molecular formula is C20H14F2N2O2. The third-order valence-electron chi connectivity index (χ3n) is 3.81. The van der Waals surface area contributed by atoms with Crippen LogP contribution in [0.25, 0.3) is 11.1 Å². The zero-order valence-electron chi connectivity index (χ0n) is 13.8. The van der Waals surface area contributed by atoms with Crippen LogP contribution in [0.2, 0.25) is 0 Å². The molecule has 0 spiro atoms. The van der Waals surface area contributed by atoms with Gasteiger partial charge < -0.3 is 9.72 Å². The second-order valence-corrected chi connectivity index (χ2v) is 5.75. The Morgan fingerprint density at radius 3 is 2.65 bits per heavy atom. The van der Waals surface area contributed by atoms with E-state index in [1.165, 1.54) is 6.07 Å². The van der Waals surface area contributed by atoms with Gasteiger partial charge in [-0.25, -0.2) is 8.78 Å². The van der Waals surface area contributed by atoms with Crippen LogP contribution >= 0.6 is 0 Å². The topological polar surface area (TPSA) is 65.9 Å². The fourth-order valence-electron chi connectivity index (χ4n) is 2.59. The number of aromatic amines is 1. The van der Waals surface area contributed by atoms with Crippen molar-refractivity contribution >= 4 is 0 Å². The first-order valence-corrected chi connectivity index (χ1v) is 7.79. The summed E-state index contributed by atoms with van der Waals surface area (Å²) < 4.78 is 31.7. The van der Waals surface area contributed by atoms with E-state index in [1.54, 1.807) is 37.3 Å². The minimum absolute atomic E-state index is 0.0364. The van der Waals surface area contributed by atoms with Gasteiger partial charge in [-0.2, -0.15) is 5.26 Å². The molecule has 0 unspecified atom stereocenters. The van der Waals surface area contributed by atoms with E-state index in [0.29, 0.717) is 16.8 Å². The lowest BCUT2D eigenvalue weighted by atomic mass is 9.99. The highest BCUT2D eigenvalue weighted by molar-refractivity contribution is 5.70. The molecule has 0 fully saturated rings. The molecule has 1 N–H and O–H groups in total. The number of nitrogens with zero attached hydrogens (tertiary/aromatic N) is 1. The number of aryl methyl sites for hydroxylation is 1. The second-order valence-electron chi connectivity index (χ2n) is 5.75. The van der Waals surface area contributed by atoms with Gasteiger partial charge in [0.2, 0.25) is 0 Å². The SMILES string of the molecule is Cc1cc(-c2cccc(COc3ccc(F)c(F)c3)c2)c(C#N)c(=O)[nH]1. The van der Waals surface area contributed by atoms with Crippen LogP contribution in [0.3, 0.4) is 0 Å². The highest BCUT2D eigenvalue weighted by atomic mass is 19.2. The Bertz CT molecular complexity index is 1070. The van der Waals surface area contributed by atoms with Crippen LogP contribution in [-0.2, 0) is 6.61 Å². The highest BCUT2D eigenvalue weighted by Crippen LogP contribution is 2.24.